The summed E-state index contributed by atoms with van der Waals surface area (Å²) in [5.74, 6) is 0. The van der Waals surface area contributed by atoms with E-state index < -0.39 is 32.4 Å². The standard InChI is InChI=1S/2C13H20O4S/c2*1-3-4-12(14)9-10-17-18(15,16)13-7-5-11(2)6-8-13/h2*5-8,12,14H,3-4,9-10H2,1-2H3/t2*12-/m10/s1. The summed E-state index contributed by atoms with van der Waals surface area (Å²) in [6.45, 7) is 7.73. The van der Waals surface area contributed by atoms with Gasteiger partial charge in [-0.05, 0) is 63.8 Å². The first-order chi connectivity index (χ1) is 16.9. The molecule has 2 aromatic carbocycles. The van der Waals surface area contributed by atoms with Crippen LogP contribution in [0.5, 0.6) is 0 Å². The van der Waals surface area contributed by atoms with Crippen LogP contribution in [0.4, 0.5) is 0 Å². The number of rotatable bonds is 14. The van der Waals surface area contributed by atoms with E-state index in [1.54, 1.807) is 24.3 Å². The Kier molecular flexibility index (Phi) is 14.4. The Hall–Kier alpha value is -1.82. The van der Waals surface area contributed by atoms with Gasteiger partial charge in [0, 0.05) is 0 Å². The van der Waals surface area contributed by atoms with E-state index in [-0.39, 0.29) is 23.0 Å². The van der Waals surface area contributed by atoms with Crippen molar-refractivity contribution in [1.29, 1.82) is 0 Å². The predicted octanol–water partition coefficient (Wildman–Crippen LogP) is 4.50. The molecule has 0 fully saturated rings. The number of aryl methyl sites for hydroxylation is 2. The minimum Gasteiger partial charge on any atom is -0.393 e. The molecule has 2 aromatic rings. The van der Waals surface area contributed by atoms with Gasteiger partial charge in [-0.3, -0.25) is 8.37 Å². The van der Waals surface area contributed by atoms with Gasteiger partial charge in [0.15, 0.2) is 0 Å². The molecule has 0 amide bonds. The number of aliphatic hydroxyl groups is 2. The van der Waals surface area contributed by atoms with E-state index >= 15 is 0 Å². The molecular formula is C26H40O8S2. The largest absolute Gasteiger partial charge is 0.393 e. The summed E-state index contributed by atoms with van der Waals surface area (Å²) >= 11 is 0. The molecule has 8 nitrogen and oxygen atoms in total. The van der Waals surface area contributed by atoms with Crippen LogP contribution in [0.2, 0.25) is 0 Å². The third-order valence-corrected chi connectivity index (χ3v) is 7.90. The molecule has 2 rings (SSSR count). The average molecular weight is 545 g/mol. The average Bonchev–Trinajstić information content (AvgIpc) is 2.80. The number of benzene rings is 2. The number of aliphatic hydroxyl groups excluding tert-OH is 2. The Balaban J connectivity index is 0.000000360. The minimum absolute atomic E-state index is 0.0113. The van der Waals surface area contributed by atoms with Crippen LogP contribution in [0.3, 0.4) is 0 Å². The Bertz CT molecular complexity index is 990. The molecule has 2 atom stereocenters. The van der Waals surface area contributed by atoms with E-state index in [0.717, 1.165) is 24.0 Å². The zero-order valence-electron chi connectivity index (χ0n) is 21.6. The normalized spacial score (nSPS) is 13.5. The lowest BCUT2D eigenvalue weighted by molar-refractivity contribution is 0.131. The summed E-state index contributed by atoms with van der Waals surface area (Å²) in [6, 6.07) is 13.0. The second-order valence-corrected chi connectivity index (χ2v) is 11.9. The van der Waals surface area contributed by atoms with Crippen LogP contribution in [0.25, 0.3) is 0 Å². The smallest absolute Gasteiger partial charge is 0.296 e. The van der Waals surface area contributed by atoms with Gasteiger partial charge in [0.05, 0.1) is 35.2 Å². The molecule has 0 unspecified atom stereocenters. The molecule has 0 aromatic heterocycles. The highest BCUT2D eigenvalue weighted by Gasteiger charge is 2.16. The van der Waals surface area contributed by atoms with E-state index in [1.165, 1.54) is 24.3 Å². The van der Waals surface area contributed by atoms with Crippen molar-refractivity contribution in [3.05, 3.63) is 59.7 Å². The molecule has 0 radical (unpaired) electrons. The molecule has 204 valence electrons. The maximum atomic E-state index is 11.8. The second-order valence-electron chi connectivity index (χ2n) is 8.64. The van der Waals surface area contributed by atoms with E-state index in [9.17, 15) is 27.0 Å². The molecule has 36 heavy (non-hydrogen) atoms. The van der Waals surface area contributed by atoms with Gasteiger partial charge in [-0.15, -0.1) is 0 Å². The maximum Gasteiger partial charge on any atom is 0.296 e. The third-order valence-electron chi connectivity index (χ3n) is 5.24. The topological polar surface area (TPSA) is 127 Å². The minimum atomic E-state index is -3.70. The monoisotopic (exact) mass is 544 g/mol. The Labute approximate surface area is 216 Å². The molecule has 0 saturated heterocycles. The molecule has 0 aliphatic carbocycles. The number of hydrogen-bond acceptors (Lipinski definition) is 8. The first-order valence-corrected chi connectivity index (χ1v) is 15.0. The Morgan fingerprint density at radius 2 is 0.917 bits per heavy atom. The molecule has 0 heterocycles. The summed E-state index contributed by atoms with van der Waals surface area (Å²) in [5.41, 5.74) is 1.99. The highest BCUT2D eigenvalue weighted by atomic mass is 32.2. The van der Waals surface area contributed by atoms with Crippen molar-refractivity contribution in [3.8, 4) is 0 Å². The van der Waals surface area contributed by atoms with Crippen LogP contribution in [-0.4, -0.2) is 52.5 Å². The van der Waals surface area contributed by atoms with Gasteiger partial charge in [-0.1, -0.05) is 62.1 Å². The van der Waals surface area contributed by atoms with Gasteiger partial charge >= 0.3 is 0 Å². The van der Waals surface area contributed by atoms with Crippen molar-refractivity contribution in [2.45, 2.75) is 88.2 Å². The molecule has 10 heteroatoms. The third kappa shape index (κ3) is 12.4. The van der Waals surface area contributed by atoms with Gasteiger partial charge in [-0.2, -0.15) is 16.8 Å². The SMILES string of the molecule is CCC[C@@H](O)CCOS(=O)(=O)c1ccc(C)cc1.CCC[C@H](O)CCOS(=O)(=O)c1ccc(C)cc1. The Morgan fingerprint density at radius 3 is 1.19 bits per heavy atom. The molecule has 0 aliphatic heterocycles. The lowest BCUT2D eigenvalue weighted by Crippen LogP contribution is -2.13. The molecule has 0 aliphatic rings. The summed E-state index contributed by atoms with van der Waals surface area (Å²) in [7, 11) is -7.40. The summed E-state index contributed by atoms with van der Waals surface area (Å²) in [6.07, 6.45) is 2.73. The van der Waals surface area contributed by atoms with Crippen molar-refractivity contribution in [2.24, 2.45) is 0 Å². The van der Waals surface area contributed by atoms with Crippen molar-refractivity contribution in [3.63, 3.8) is 0 Å². The van der Waals surface area contributed by atoms with E-state index in [1.807, 2.05) is 27.7 Å². The molecule has 0 saturated carbocycles. The highest BCUT2D eigenvalue weighted by Crippen LogP contribution is 2.15. The van der Waals surface area contributed by atoms with Gasteiger partial charge in [0.1, 0.15) is 0 Å². The Morgan fingerprint density at radius 1 is 0.611 bits per heavy atom. The highest BCUT2D eigenvalue weighted by molar-refractivity contribution is 7.87. The quantitative estimate of drug-likeness (QED) is 0.333. The van der Waals surface area contributed by atoms with Crippen LogP contribution in [0.15, 0.2) is 58.3 Å². The van der Waals surface area contributed by atoms with Crippen LogP contribution in [-0.2, 0) is 28.6 Å². The lowest BCUT2D eigenvalue weighted by Gasteiger charge is -2.09. The van der Waals surface area contributed by atoms with Crippen molar-refractivity contribution in [1.82, 2.24) is 0 Å². The van der Waals surface area contributed by atoms with E-state index in [2.05, 4.69) is 0 Å². The fraction of sp³-hybridized carbons (Fsp3) is 0.538. The summed E-state index contributed by atoms with van der Waals surface area (Å²) in [4.78, 5) is 0.302. The fourth-order valence-electron chi connectivity index (χ4n) is 3.09. The predicted molar refractivity (Wildman–Crippen MR) is 140 cm³/mol. The molecule has 2 N–H and O–H groups in total. The van der Waals surface area contributed by atoms with Crippen molar-refractivity contribution in [2.75, 3.05) is 13.2 Å². The van der Waals surface area contributed by atoms with Crippen LogP contribution < -0.4 is 0 Å². The zero-order valence-corrected chi connectivity index (χ0v) is 23.2. The van der Waals surface area contributed by atoms with E-state index in [0.29, 0.717) is 25.7 Å². The lowest BCUT2D eigenvalue weighted by atomic mass is 10.2. The van der Waals surface area contributed by atoms with Gasteiger partial charge in [0.25, 0.3) is 20.2 Å². The van der Waals surface area contributed by atoms with Gasteiger partial charge < -0.3 is 10.2 Å². The van der Waals surface area contributed by atoms with Crippen molar-refractivity contribution < 1.29 is 35.4 Å². The van der Waals surface area contributed by atoms with Crippen LogP contribution in [0, 0.1) is 13.8 Å². The van der Waals surface area contributed by atoms with Crippen LogP contribution >= 0.6 is 0 Å². The van der Waals surface area contributed by atoms with Gasteiger partial charge in [0.2, 0.25) is 0 Å². The number of hydrogen-bond donors (Lipinski definition) is 2. The molecular weight excluding hydrogens is 504 g/mol. The summed E-state index contributed by atoms with van der Waals surface area (Å²) < 4.78 is 56.9. The second kappa shape index (κ2) is 16.1. The summed E-state index contributed by atoms with van der Waals surface area (Å²) in [5, 5.41) is 19.0. The molecule has 0 bridgehead atoms. The van der Waals surface area contributed by atoms with E-state index in [4.69, 9.17) is 8.37 Å². The first kappa shape index (κ1) is 32.2. The van der Waals surface area contributed by atoms with Crippen LogP contribution in [0.1, 0.15) is 63.5 Å². The zero-order chi connectivity index (χ0) is 27.2. The van der Waals surface area contributed by atoms with Crippen molar-refractivity contribution >= 4 is 20.2 Å². The fourth-order valence-corrected chi connectivity index (χ4v) is 4.93. The maximum absolute atomic E-state index is 11.8. The first-order valence-electron chi connectivity index (χ1n) is 12.2. The molecule has 0 spiro atoms. The van der Waals surface area contributed by atoms with Gasteiger partial charge in [-0.25, -0.2) is 0 Å².